The molecule has 1 aromatic heterocycles. The van der Waals surface area contributed by atoms with Gasteiger partial charge < -0.3 is 15.7 Å². The fraction of sp³-hybridized carbons (Fsp3) is 0.615. The molecule has 2 heterocycles. The highest BCUT2D eigenvalue weighted by atomic mass is 16.3. The molecule has 2 rings (SSSR count). The van der Waals surface area contributed by atoms with Gasteiger partial charge in [0.1, 0.15) is 5.82 Å². The summed E-state index contributed by atoms with van der Waals surface area (Å²) in [6.07, 6.45) is 2.05. The Morgan fingerprint density at radius 1 is 1.58 bits per heavy atom. The van der Waals surface area contributed by atoms with E-state index in [1.165, 1.54) is 6.20 Å². The number of rotatable bonds is 2. The van der Waals surface area contributed by atoms with Gasteiger partial charge in [-0.15, -0.1) is 0 Å². The summed E-state index contributed by atoms with van der Waals surface area (Å²) in [4.78, 5) is 22.3. The summed E-state index contributed by atoms with van der Waals surface area (Å²) < 4.78 is 0. The standard InChI is InChI=1S/C13H20N4O2/c1-8(2)11-15-6-9(14)10(16-11)12(18)17-5-4-13(3,19)7-17/h6,8,19H,4-5,7,14H2,1-3H3. The fourth-order valence-electron chi connectivity index (χ4n) is 2.12. The van der Waals surface area contributed by atoms with Crippen molar-refractivity contribution in [3.8, 4) is 0 Å². The van der Waals surface area contributed by atoms with E-state index in [2.05, 4.69) is 9.97 Å². The molecule has 1 saturated heterocycles. The summed E-state index contributed by atoms with van der Waals surface area (Å²) in [6.45, 7) is 6.47. The van der Waals surface area contributed by atoms with Crippen molar-refractivity contribution in [2.24, 2.45) is 0 Å². The summed E-state index contributed by atoms with van der Waals surface area (Å²) in [6, 6.07) is 0. The minimum Gasteiger partial charge on any atom is -0.396 e. The van der Waals surface area contributed by atoms with Gasteiger partial charge in [-0.05, 0) is 13.3 Å². The zero-order valence-electron chi connectivity index (χ0n) is 11.6. The molecule has 104 valence electrons. The minimum atomic E-state index is -0.821. The van der Waals surface area contributed by atoms with Crippen molar-refractivity contribution in [2.75, 3.05) is 18.8 Å². The zero-order chi connectivity index (χ0) is 14.2. The minimum absolute atomic E-state index is 0.133. The summed E-state index contributed by atoms with van der Waals surface area (Å²) >= 11 is 0. The van der Waals surface area contributed by atoms with Crippen LogP contribution in [0.1, 0.15) is 49.4 Å². The van der Waals surface area contributed by atoms with Gasteiger partial charge in [-0.25, -0.2) is 9.97 Å². The zero-order valence-corrected chi connectivity index (χ0v) is 11.6. The van der Waals surface area contributed by atoms with Gasteiger partial charge in [-0.2, -0.15) is 0 Å². The number of hydrogen-bond acceptors (Lipinski definition) is 5. The van der Waals surface area contributed by atoms with Crippen LogP contribution in [0.3, 0.4) is 0 Å². The topological polar surface area (TPSA) is 92.3 Å². The molecule has 0 radical (unpaired) electrons. The lowest BCUT2D eigenvalue weighted by Crippen LogP contribution is -2.35. The Bertz CT molecular complexity index is 499. The maximum Gasteiger partial charge on any atom is 0.274 e. The highest BCUT2D eigenvalue weighted by Crippen LogP contribution is 2.23. The van der Waals surface area contributed by atoms with Gasteiger partial charge in [-0.1, -0.05) is 13.8 Å². The number of β-amino-alcohol motifs (C(OH)–C–C–N with tert-alkyl or cyclic N) is 1. The quantitative estimate of drug-likeness (QED) is 0.823. The van der Waals surface area contributed by atoms with Crippen molar-refractivity contribution >= 4 is 11.6 Å². The summed E-state index contributed by atoms with van der Waals surface area (Å²) in [7, 11) is 0. The number of anilines is 1. The number of nitrogen functional groups attached to an aromatic ring is 1. The maximum absolute atomic E-state index is 12.4. The largest absolute Gasteiger partial charge is 0.396 e. The molecule has 0 saturated carbocycles. The maximum atomic E-state index is 12.4. The van der Waals surface area contributed by atoms with Crippen molar-refractivity contribution in [1.29, 1.82) is 0 Å². The predicted molar refractivity (Wildman–Crippen MR) is 71.7 cm³/mol. The van der Waals surface area contributed by atoms with E-state index in [1.807, 2.05) is 13.8 Å². The Labute approximate surface area is 112 Å². The molecular weight excluding hydrogens is 244 g/mol. The van der Waals surface area contributed by atoms with Crippen LogP contribution in [0.5, 0.6) is 0 Å². The van der Waals surface area contributed by atoms with E-state index >= 15 is 0 Å². The number of aliphatic hydroxyl groups is 1. The molecule has 1 atom stereocenters. The molecule has 19 heavy (non-hydrogen) atoms. The normalized spacial score (nSPS) is 23.1. The van der Waals surface area contributed by atoms with Gasteiger partial charge in [0.25, 0.3) is 5.91 Å². The Balaban J connectivity index is 2.26. The third kappa shape index (κ3) is 2.84. The van der Waals surface area contributed by atoms with E-state index in [0.29, 0.717) is 25.3 Å². The van der Waals surface area contributed by atoms with Gasteiger partial charge >= 0.3 is 0 Å². The molecular formula is C13H20N4O2. The van der Waals surface area contributed by atoms with E-state index in [-0.39, 0.29) is 23.2 Å². The SMILES string of the molecule is CC(C)c1ncc(N)c(C(=O)N2CCC(C)(O)C2)n1. The molecule has 3 N–H and O–H groups in total. The number of nitrogens with two attached hydrogens (primary N) is 1. The van der Waals surface area contributed by atoms with Gasteiger partial charge in [0.05, 0.1) is 17.5 Å². The molecule has 0 aliphatic carbocycles. The molecule has 1 aliphatic rings. The Kier molecular flexibility index (Phi) is 3.45. The highest BCUT2D eigenvalue weighted by molar-refractivity contribution is 5.97. The van der Waals surface area contributed by atoms with Crippen LogP contribution in [0.4, 0.5) is 5.69 Å². The number of likely N-dealkylation sites (tertiary alicyclic amines) is 1. The van der Waals surface area contributed by atoms with Gasteiger partial charge in [0.15, 0.2) is 5.69 Å². The molecule has 0 aromatic carbocycles. The lowest BCUT2D eigenvalue weighted by molar-refractivity contribution is 0.0569. The number of aromatic nitrogens is 2. The van der Waals surface area contributed by atoms with Gasteiger partial charge in [-0.3, -0.25) is 4.79 Å². The highest BCUT2D eigenvalue weighted by Gasteiger charge is 2.35. The van der Waals surface area contributed by atoms with E-state index in [4.69, 9.17) is 5.73 Å². The number of carbonyl (C=O) groups is 1. The molecule has 1 amide bonds. The van der Waals surface area contributed by atoms with Crippen LogP contribution in [0, 0.1) is 0 Å². The molecule has 6 heteroatoms. The first kappa shape index (κ1) is 13.7. The molecule has 1 aliphatic heterocycles. The van der Waals surface area contributed by atoms with Crippen molar-refractivity contribution < 1.29 is 9.90 Å². The van der Waals surface area contributed by atoms with Crippen LogP contribution in [0.25, 0.3) is 0 Å². The Morgan fingerprint density at radius 2 is 2.26 bits per heavy atom. The summed E-state index contributed by atoms with van der Waals surface area (Å²) in [5.74, 6) is 0.497. The number of hydrogen-bond donors (Lipinski definition) is 2. The van der Waals surface area contributed by atoms with Crippen LogP contribution in [0.15, 0.2) is 6.20 Å². The first-order valence-electron chi connectivity index (χ1n) is 6.44. The molecule has 1 fully saturated rings. The summed E-state index contributed by atoms with van der Waals surface area (Å²) in [5.41, 5.74) is 5.48. The van der Waals surface area contributed by atoms with Crippen molar-refractivity contribution in [3.63, 3.8) is 0 Å². The van der Waals surface area contributed by atoms with E-state index in [1.54, 1.807) is 11.8 Å². The Hall–Kier alpha value is -1.69. The molecule has 1 aromatic rings. The second kappa shape index (κ2) is 4.77. The summed E-state index contributed by atoms with van der Waals surface area (Å²) in [5, 5.41) is 9.91. The Morgan fingerprint density at radius 3 is 2.79 bits per heavy atom. The number of carbonyl (C=O) groups excluding carboxylic acids is 1. The average molecular weight is 264 g/mol. The van der Waals surface area contributed by atoms with E-state index in [9.17, 15) is 9.90 Å². The molecule has 6 nitrogen and oxygen atoms in total. The second-order valence-corrected chi connectivity index (χ2v) is 5.66. The van der Waals surface area contributed by atoms with Crippen LogP contribution in [-0.2, 0) is 0 Å². The second-order valence-electron chi connectivity index (χ2n) is 5.66. The lowest BCUT2D eigenvalue weighted by Gasteiger charge is -2.19. The smallest absolute Gasteiger partial charge is 0.274 e. The third-order valence-electron chi connectivity index (χ3n) is 3.29. The fourth-order valence-corrected chi connectivity index (χ4v) is 2.12. The van der Waals surface area contributed by atoms with Crippen molar-refractivity contribution in [2.45, 2.75) is 38.7 Å². The third-order valence-corrected chi connectivity index (χ3v) is 3.29. The van der Waals surface area contributed by atoms with Gasteiger partial charge in [0.2, 0.25) is 0 Å². The van der Waals surface area contributed by atoms with Crippen LogP contribution < -0.4 is 5.73 Å². The van der Waals surface area contributed by atoms with Crippen molar-refractivity contribution in [1.82, 2.24) is 14.9 Å². The van der Waals surface area contributed by atoms with E-state index < -0.39 is 5.60 Å². The lowest BCUT2D eigenvalue weighted by atomic mass is 10.1. The van der Waals surface area contributed by atoms with Crippen LogP contribution in [0.2, 0.25) is 0 Å². The van der Waals surface area contributed by atoms with E-state index in [0.717, 1.165) is 0 Å². The monoisotopic (exact) mass is 264 g/mol. The van der Waals surface area contributed by atoms with Crippen LogP contribution >= 0.6 is 0 Å². The van der Waals surface area contributed by atoms with Crippen molar-refractivity contribution in [3.05, 3.63) is 17.7 Å². The van der Waals surface area contributed by atoms with Crippen LogP contribution in [-0.4, -0.2) is 44.6 Å². The first-order chi connectivity index (χ1) is 8.80. The number of nitrogens with zero attached hydrogens (tertiary/aromatic N) is 3. The predicted octanol–water partition coefficient (Wildman–Crippen LogP) is 0.779. The average Bonchev–Trinajstić information content (AvgIpc) is 2.69. The first-order valence-corrected chi connectivity index (χ1v) is 6.44. The molecule has 0 bridgehead atoms. The van der Waals surface area contributed by atoms with Gasteiger partial charge in [0, 0.05) is 19.0 Å². The molecule has 1 unspecified atom stereocenters. The molecule has 0 spiro atoms. The number of amides is 1.